The van der Waals surface area contributed by atoms with Gasteiger partial charge in [0.25, 0.3) is 0 Å². The van der Waals surface area contributed by atoms with Gasteiger partial charge in [-0.15, -0.1) is 11.3 Å². The monoisotopic (exact) mass is 244 g/mol. The molecule has 0 amide bonds. The van der Waals surface area contributed by atoms with Crippen LogP contribution in [0.4, 0.5) is 10.1 Å². The molecule has 0 fully saturated rings. The number of nitrogens with zero attached hydrogens (tertiary/aromatic N) is 1. The Bertz CT molecular complexity index is 691. The summed E-state index contributed by atoms with van der Waals surface area (Å²) >= 11 is 1.52. The van der Waals surface area contributed by atoms with Gasteiger partial charge in [0.15, 0.2) is 0 Å². The lowest BCUT2D eigenvalue weighted by Crippen LogP contribution is -1.86. The second-order valence-corrected chi connectivity index (χ2v) is 4.85. The van der Waals surface area contributed by atoms with Gasteiger partial charge in [-0.25, -0.2) is 4.39 Å². The maximum atomic E-state index is 13.1. The van der Waals surface area contributed by atoms with E-state index in [2.05, 4.69) is 4.98 Å². The third-order valence-electron chi connectivity index (χ3n) is 2.52. The van der Waals surface area contributed by atoms with E-state index in [0.717, 1.165) is 20.7 Å². The number of nitrogens with two attached hydrogens (primary N) is 1. The zero-order chi connectivity index (χ0) is 11.8. The predicted octanol–water partition coefficient (Wildman–Crippen LogP) is 3.68. The van der Waals surface area contributed by atoms with E-state index in [0.29, 0.717) is 5.69 Å². The van der Waals surface area contributed by atoms with E-state index in [1.807, 2.05) is 12.1 Å². The number of thiophene rings is 1. The van der Waals surface area contributed by atoms with Gasteiger partial charge < -0.3 is 5.73 Å². The first-order valence-corrected chi connectivity index (χ1v) is 5.95. The summed E-state index contributed by atoms with van der Waals surface area (Å²) in [5.74, 6) is -0.216. The molecule has 0 unspecified atom stereocenters. The predicted molar refractivity (Wildman–Crippen MR) is 69.4 cm³/mol. The van der Waals surface area contributed by atoms with E-state index < -0.39 is 0 Å². The number of aromatic nitrogens is 1. The van der Waals surface area contributed by atoms with Crippen LogP contribution in [0.3, 0.4) is 0 Å². The van der Waals surface area contributed by atoms with Crippen molar-refractivity contribution in [1.29, 1.82) is 0 Å². The summed E-state index contributed by atoms with van der Waals surface area (Å²) in [6.45, 7) is 0. The molecule has 0 aliphatic heterocycles. The fourth-order valence-electron chi connectivity index (χ4n) is 1.71. The standard InChI is InChI=1S/C13H9FN2S/c14-9-2-1-8-5-13(17-12(8)6-9)11-7-10(15)3-4-16-11/h1-7H,(H2,15,16). The maximum absolute atomic E-state index is 13.1. The number of halogens is 1. The number of rotatable bonds is 1. The number of fused-ring (bicyclic) bond motifs is 1. The summed E-state index contributed by atoms with van der Waals surface area (Å²) < 4.78 is 14.0. The highest BCUT2D eigenvalue weighted by Gasteiger charge is 2.06. The molecule has 0 radical (unpaired) electrons. The van der Waals surface area contributed by atoms with Gasteiger partial charge in [-0.2, -0.15) is 0 Å². The van der Waals surface area contributed by atoms with Gasteiger partial charge in [0.05, 0.1) is 10.6 Å². The van der Waals surface area contributed by atoms with Gasteiger partial charge in [0, 0.05) is 16.6 Å². The molecule has 84 valence electrons. The van der Waals surface area contributed by atoms with Crippen LogP contribution in [0, 0.1) is 5.82 Å². The molecule has 4 heteroatoms. The van der Waals surface area contributed by atoms with Crippen molar-refractivity contribution in [3.05, 3.63) is 48.4 Å². The lowest BCUT2D eigenvalue weighted by atomic mass is 10.2. The fourth-order valence-corrected chi connectivity index (χ4v) is 2.77. The summed E-state index contributed by atoms with van der Waals surface area (Å²) in [6, 6.07) is 10.3. The minimum absolute atomic E-state index is 0.216. The molecule has 0 saturated heterocycles. The highest BCUT2D eigenvalue weighted by atomic mass is 32.1. The van der Waals surface area contributed by atoms with Crippen molar-refractivity contribution >= 4 is 27.1 Å². The lowest BCUT2D eigenvalue weighted by molar-refractivity contribution is 0.630. The Morgan fingerprint density at radius 3 is 2.82 bits per heavy atom. The van der Waals surface area contributed by atoms with Crippen LogP contribution in [-0.2, 0) is 0 Å². The third kappa shape index (κ3) is 1.87. The minimum atomic E-state index is -0.216. The molecule has 17 heavy (non-hydrogen) atoms. The smallest absolute Gasteiger partial charge is 0.124 e. The molecule has 0 atom stereocenters. The lowest BCUT2D eigenvalue weighted by Gasteiger charge is -1.96. The maximum Gasteiger partial charge on any atom is 0.124 e. The molecule has 3 aromatic rings. The van der Waals surface area contributed by atoms with E-state index in [4.69, 9.17) is 5.73 Å². The fraction of sp³-hybridized carbons (Fsp3) is 0. The second-order valence-electron chi connectivity index (χ2n) is 3.77. The Morgan fingerprint density at radius 1 is 1.12 bits per heavy atom. The van der Waals surface area contributed by atoms with Crippen molar-refractivity contribution in [1.82, 2.24) is 4.98 Å². The van der Waals surface area contributed by atoms with Crippen molar-refractivity contribution < 1.29 is 4.39 Å². The largest absolute Gasteiger partial charge is 0.399 e. The first kappa shape index (κ1) is 10.2. The summed E-state index contributed by atoms with van der Waals surface area (Å²) in [4.78, 5) is 5.26. The molecular weight excluding hydrogens is 235 g/mol. The molecule has 3 rings (SSSR count). The molecule has 2 nitrogen and oxygen atoms in total. The van der Waals surface area contributed by atoms with Crippen molar-refractivity contribution in [2.75, 3.05) is 5.73 Å². The van der Waals surface area contributed by atoms with E-state index >= 15 is 0 Å². The van der Waals surface area contributed by atoms with Gasteiger partial charge in [-0.1, -0.05) is 6.07 Å². The average molecular weight is 244 g/mol. The number of pyridine rings is 1. The number of nitrogen functional groups attached to an aromatic ring is 1. The first-order chi connectivity index (χ1) is 8.22. The number of anilines is 1. The second kappa shape index (κ2) is 3.82. The van der Waals surface area contributed by atoms with Gasteiger partial charge in [0.1, 0.15) is 5.82 Å². The molecule has 0 bridgehead atoms. The van der Waals surface area contributed by atoms with Gasteiger partial charge in [-0.3, -0.25) is 4.98 Å². The van der Waals surface area contributed by atoms with E-state index in [1.165, 1.54) is 23.5 Å². The van der Waals surface area contributed by atoms with Crippen molar-refractivity contribution in [3.63, 3.8) is 0 Å². The Kier molecular flexibility index (Phi) is 2.30. The minimum Gasteiger partial charge on any atom is -0.399 e. The molecule has 0 saturated carbocycles. The van der Waals surface area contributed by atoms with Crippen LogP contribution >= 0.6 is 11.3 Å². The number of benzene rings is 1. The van der Waals surface area contributed by atoms with Gasteiger partial charge >= 0.3 is 0 Å². The van der Waals surface area contributed by atoms with Crippen LogP contribution in [0.2, 0.25) is 0 Å². The van der Waals surface area contributed by atoms with E-state index in [9.17, 15) is 4.39 Å². The summed E-state index contributed by atoms with van der Waals surface area (Å²) in [5.41, 5.74) is 7.22. The number of hydrogen-bond acceptors (Lipinski definition) is 3. The van der Waals surface area contributed by atoms with Crippen LogP contribution in [0.25, 0.3) is 20.7 Å². The molecule has 0 aliphatic carbocycles. The first-order valence-electron chi connectivity index (χ1n) is 5.13. The van der Waals surface area contributed by atoms with Gasteiger partial charge in [-0.05, 0) is 35.7 Å². The summed E-state index contributed by atoms with van der Waals surface area (Å²) in [7, 11) is 0. The highest BCUT2D eigenvalue weighted by molar-refractivity contribution is 7.22. The zero-order valence-corrected chi connectivity index (χ0v) is 9.67. The average Bonchev–Trinajstić information content (AvgIpc) is 2.72. The van der Waals surface area contributed by atoms with Gasteiger partial charge in [0.2, 0.25) is 0 Å². The number of hydrogen-bond donors (Lipinski definition) is 1. The molecule has 1 aromatic carbocycles. The topological polar surface area (TPSA) is 38.9 Å². The normalized spacial score (nSPS) is 10.9. The van der Waals surface area contributed by atoms with Crippen LogP contribution < -0.4 is 5.73 Å². The van der Waals surface area contributed by atoms with E-state index in [1.54, 1.807) is 18.3 Å². The summed E-state index contributed by atoms with van der Waals surface area (Å²) in [5, 5.41) is 1.02. The van der Waals surface area contributed by atoms with E-state index in [-0.39, 0.29) is 5.82 Å². The molecule has 0 aliphatic rings. The molecule has 2 heterocycles. The highest BCUT2D eigenvalue weighted by Crippen LogP contribution is 2.33. The SMILES string of the molecule is Nc1ccnc(-c2cc3ccc(F)cc3s2)c1. The Labute approximate surface area is 102 Å². The van der Waals surface area contributed by atoms with Crippen molar-refractivity contribution in [3.8, 4) is 10.6 Å². The van der Waals surface area contributed by atoms with Crippen molar-refractivity contribution in [2.45, 2.75) is 0 Å². The van der Waals surface area contributed by atoms with Crippen LogP contribution in [0.5, 0.6) is 0 Å². The Morgan fingerprint density at radius 2 is 2.00 bits per heavy atom. The van der Waals surface area contributed by atoms with Crippen LogP contribution in [-0.4, -0.2) is 4.98 Å². The van der Waals surface area contributed by atoms with Crippen molar-refractivity contribution in [2.24, 2.45) is 0 Å². The molecule has 0 spiro atoms. The summed E-state index contributed by atoms with van der Waals surface area (Å²) in [6.07, 6.45) is 1.68. The Hall–Kier alpha value is -1.94. The Balaban J connectivity index is 2.18. The molecule has 2 aromatic heterocycles. The van der Waals surface area contributed by atoms with Crippen LogP contribution in [0.15, 0.2) is 42.6 Å². The molecule has 2 N–H and O–H groups in total. The van der Waals surface area contributed by atoms with Crippen LogP contribution in [0.1, 0.15) is 0 Å². The zero-order valence-electron chi connectivity index (χ0n) is 8.85. The molecular formula is C13H9FN2S. The quantitative estimate of drug-likeness (QED) is 0.709. The third-order valence-corrected chi connectivity index (χ3v) is 3.64.